The molecule has 0 N–H and O–H groups in total. The van der Waals surface area contributed by atoms with Crippen LogP contribution in [0.25, 0.3) is 89.8 Å². The Morgan fingerprint density at radius 3 is 1.13 bits per heavy atom. The van der Waals surface area contributed by atoms with Crippen molar-refractivity contribution in [1.82, 2.24) is 15.0 Å². The normalized spacial score (nSPS) is 11.6. The van der Waals surface area contributed by atoms with E-state index in [1.54, 1.807) is 0 Å². The largest absolute Gasteiger partial charge is 0.208 e. The first-order valence-corrected chi connectivity index (χ1v) is 18.7. The highest BCUT2D eigenvalue weighted by molar-refractivity contribution is 5.91. The van der Waals surface area contributed by atoms with Gasteiger partial charge in [0, 0.05) is 16.7 Å². The standard InChI is InChI=1S/C52H35N3/c1-5-15-35(16-6-1)37-27-29-40(30-28-37)51-53-50(39-21-11-4-12-22-39)54-52(55-51)43-32-41(36-17-7-2-8-18-36)31-42(33-43)45-24-14-26-47-46-25-13-23-44(48(46)34-49(45)47)38-19-9-3-10-20-38/h1-33H,34H2. The molecule has 1 aliphatic carbocycles. The van der Waals surface area contributed by atoms with Gasteiger partial charge in [-0.05, 0) is 91.4 Å². The first kappa shape index (κ1) is 32.4. The monoisotopic (exact) mass is 701 g/mol. The van der Waals surface area contributed by atoms with Gasteiger partial charge >= 0.3 is 0 Å². The minimum absolute atomic E-state index is 0.636. The molecule has 1 aromatic heterocycles. The van der Waals surface area contributed by atoms with Gasteiger partial charge in [-0.3, -0.25) is 0 Å². The zero-order valence-electron chi connectivity index (χ0n) is 30.1. The van der Waals surface area contributed by atoms with Gasteiger partial charge in [-0.2, -0.15) is 0 Å². The molecule has 0 atom stereocenters. The highest BCUT2D eigenvalue weighted by Crippen LogP contribution is 2.46. The summed E-state index contributed by atoms with van der Waals surface area (Å²) in [5.41, 5.74) is 17.6. The second kappa shape index (κ2) is 14.0. The Balaban J connectivity index is 1.13. The van der Waals surface area contributed by atoms with Crippen LogP contribution in [-0.4, -0.2) is 15.0 Å². The van der Waals surface area contributed by atoms with Crippen LogP contribution in [0.4, 0.5) is 0 Å². The average molecular weight is 702 g/mol. The first-order valence-electron chi connectivity index (χ1n) is 18.7. The van der Waals surface area contributed by atoms with Crippen molar-refractivity contribution in [2.24, 2.45) is 0 Å². The Hall–Kier alpha value is -7.23. The Morgan fingerprint density at radius 2 is 0.582 bits per heavy atom. The minimum Gasteiger partial charge on any atom is -0.208 e. The van der Waals surface area contributed by atoms with Crippen molar-refractivity contribution in [3.05, 3.63) is 211 Å². The lowest BCUT2D eigenvalue weighted by Crippen LogP contribution is -2.01. The highest BCUT2D eigenvalue weighted by atomic mass is 15.0. The van der Waals surface area contributed by atoms with Gasteiger partial charge in [-0.1, -0.05) is 182 Å². The van der Waals surface area contributed by atoms with E-state index in [1.165, 1.54) is 44.5 Å². The van der Waals surface area contributed by atoms with Gasteiger partial charge in [0.1, 0.15) is 0 Å². The van der Waals surface area contributed by atoms with Crippen LogP contribution in [-0.2, 0) is 6.42 Å². The second-order valence-corrected chi connectivity index (χ2v) is 14.0. The predicted molar refractivity (Wildman–Crippen MR) is 226 cm³/mol. The molecule has 0 radical (unpaired) electrons. The summed E-state index contributed by atoms with van der Waals surface area (Å²) < 4.78 is 0. The molecule has 9 aromatic rings. The highest BCUT2D eigenvalue weighted by Gasteiger charge is 2.25. The lowest BCUT2D eigenvalue weighted by Gasteiger charge is -2.14. The molecule has 0 aliphatic heterocycles. The van der Waals surface area contributed by atoms with Crippen LogP contribution in [0.5, 0.6) is 0 Å². The second-order valence-electron chi connectivity index (χ2n) is 14.0. The van der Waals surface area contributed by atoms with E-state index in [2.05, 4.69) is 176 Å². The fraction of sp³-hybridized carbons (Fsp3) is 0.0192. The minimum atomic E-state index is 0.636. The first-order chi connectivity index (χ1) is 27.2. The molecule has 8 aromatic carbocycles. The Kier molecular flexibility index (Phi) is 8.23. The summed E-state index contributed by atoms with van der Waals surface area (Å²) in [6.45, 7) is 0. The lowest BCUT2D eigenvalue weighted by atomic mass is 9.91. The van der Waals surface area contributed by atoms with E-state index in [1.807, 2.05) is 24.3 Å². The summed E-state index contributed by atoms with van der Waals surface area (Å²) in [5.74, 6) is 1.92. The molecule has 0 spiro atoms. The van der Waals surface area contributed by atoms with Gasteiger partial charge in [0.25, 0.3) is 0 Å². The number of benzene rings is 8. The molecule has 1 aliphatic rings. The van der Waals surface area contributed by atoms with E-state index in [0.29, 0.717) is 17.5 Å². The summed E-state index contributed by atoms with van der Waals surface area (Å²) in [5, 5.41) is 0. The third kappa shape index (κ3) is 6.22. The molecule has 0 unspecified atom stereocenters. The van der Waals surface area contributed by atoms with Gasteiger partial charge in [-0.15, -0.1) is 0 Å². The molecule has 55 heavy (non-hydrogen) atoms. The molecule has 0 saturated carbocycles. The van der Waals surface area contributed by atoms with Crippen LogP contribution in [0.2, 0.25) is 0 Å². The van der Waals surface area contributed by atoms with Crippen molar-refractivity contribution in [2.75, 3.05) is 0 Å². The van der Waals surface area contributed by atoms with Crippen LogP contribution >= 0.6 is 0 Å². The number of nitrogens with zero attached hydrogens (tertiary/aromatic N) is 3. The molecule has 3 nitrogen and oxygen atoms in total. The molecular formula is C52H35N3. The topological polar surface area (TPSA) is 38.7 Å². The van der Waals surface area contributed by atoms with Crippen LogP contribution in [0.3, 0.4) is 0 Å². The number of hydrogen-bond acceptors (Lipinski definition) is 3. The molecule has 0 bridgehead atoms. The molecular weight excluding hydrogens is 667 g/mol. The Bertz CT molecular complexity index is 2800. The summed E-state index contributed by atoms with van der Waals surface area (Å²) >= 11 is 0. The Labute approximate surface area is 321 Å². The van der Waals surface area contributed by atoms with Crippen LogP contribution in [0.1, 0.15) is 11.1 Å². The summed E-state index contributed by atoms with van der Waals surface area (Å²) in [6, 6.07) is 70.7. The van der Waals surface area contributed by atoms with Crippen LogP contribution in [0.15, 0.2) is 200 Å². The summed E-state index contributed by atoms with van der Waals surface area (Å²) in [4.78, 5) is 15.4. The molecule has 0 saturated heterocycles. The zero-order chi connectivity index (χ0) is 36.6. The van der Waals surface area contributed by atoms with Crippen molar-refractivity contribution in [3.63, 3.8) is 0 Å². The average Bonchev–Trinajstić information content (AvgIpc) is 3.67. The van der Waals surface area contributed by atoms with E-state index in [-0.39, 0.29) is 0 Å². The van der Waals surface area contributed by atoms with Crippen LogP contribution in [0, 0.1) is 0 Å². The van der Waals surface area contributed by atoms with E-state index in [9.17, 15) is 0 Å². The van der Waals surface area contributed by atoms with Gasteiger partial charge in [0.05, 0.1) is 0 Å². The summed E-state index contributed by atoms with van der Waals surface area (Å²) in [6.07, 6.45) is 0.865. The molecule has 10 rings (SSSR count). The summed E-state index contributed by atoms with van der Waals surface area (Å²) in [7, 11) is 0. The van der Waals surface area contributed by atoms with Crippen LogP contribution < -0.4 is 0 Å². The fourth-order valence-corrected chi connectivity index (χ4v) is 7.90. The number of hydrogen-bond donors (Lipinski definition) is 0. The van der Waals surface area contributed by atoms with Gasteiger partial charge in [0.2, 0.25) is 0 Å². The smallest absolute Gasteiger partial charge is 0.164 e. The lowest BCUT2D eigenvalue weighted by molar-refractivity contribution is 1.07. The van der Waals surface area contributed by atoms with Crippen molar-refractivity contribution < 1.29 is 0 Å². The van der Waals surface area contributed by atoms with E-state index >= 15 is 0 Å². The molecule has 0 fully saturated rings. The number of aromatic nitrogens is 3. The Morgan fingerprint density at radius 1 is 0.236 bits per heavy atom. The quantitative estimate of drug-likeness (QED) is 0.166. The molecule has 3 heteroatoms. The maximum Gasteiger partial charge on any atom is 0.164 e. The zero-order valence-corrected chi connectivity index (χ0v) is 30.1. The van der Waals surface area contributed by atoms with E-state index in [0.717, 1.165) is 45.4 Å². The maximum absolute atomic E-state index is 5.20. The third-order valence-electron chi connectivity index (χ3n) is 10.6. The van der Waals surface area contributed by atoms with Crippen molar-refractivity contribution in [3.8, 4) is 89.8 Å². The van der Waals surface area contributed by atoms with Gasteiger partial charge in [-0.25, -0.2) is 15.0 Å². The van der Waals surface area contributed by atoms with Crippen molar-refractivity contribution in [1.29, 1.82) is 0 Å². The molecule has 258 valence electrons. The fourth-order valence-electron chi connectivity index (χ4n) is 7.90. The number of fused-ring (bicyclic) bond motifs is 3. The molecule has 0 amide bonds. The SMILES string of the molecule is c1ccc(-c2ccc(-c3nc(-c4ccccc4)nc(-c4cc(-c5ccccc5)cc(-c5cccc6c5Cc5c(-c7ccccc7)cccc5-6)c4)n3)cc2)cc1. The third-order valence-corrected chi connectivity index (χ3v) is 10.6. The predicted octanol–water partition coefficient (Wildman–Crippen LogP) is 13.1. The van der Waals surface area contributed by atoms with E-state index in [4.69, 9.17) is 15.0 Å². The van der Waals surface area contributed by atoms with Gasteiger partial charge in [0.15, 0.2) is 17.5 Å². The van der Waals surface area contributed by atoms with Gasteiger partial charge < -0.3 is 0 Å². The van der Waals surface area contributed by atoms with E-state index < -0.39 is 0 Å². The number of rotatable bonds is 7. The maximum atomic E-state index is 5.20. The molecule has 1 heterocycles. The van der Waals surface area contributed by atoms with Crippen molar-refractivity contribution in [2.45, 2.75) is 6.42 Å². The van der Waals surface area contributed by atoms with Crippen molar-refractivity contribution >= 4 is 0 Å².